The second kappa shape index (κ2) is 21.9. The summed E-state index contributed by atoms with van der Waals surface area (Å²) in [4.78, 5) is 12.5. The Morgan fingerprint density at radius 3 is 1.42 bits per heavy atom. The number of hydrogen-bond donors (Lipinski definition) is 8. The van der Waals surface area contributed by atoms with E-state index in [0.717, 1.165) is 5.56 Å². The van der Waals surface area contributed by atoms with Gasteiger partial charge in [-0.2, -0.15) is 0 Å². The molecule has 0 spiro atoms. The molecule has 11 atom stereocenters. The number of aliphatic hydroxyl groups is 4. The smallest absolute Gasteiger partial charge is 0.207 e. The molecule has 0 bridgehead atoms. The fourth-order valence-corrected chi connectivity index (χ4v) is 9.81. The van der Waals surface area contributed by atoms with E-state index in [-0.39, 0.29) is 6.42 Å². The Morgan fingerprint density at radius 1 is 0.594 bits per heavy atom. The van der Waals surface area contributed by atoms with Crippen LogP contribution in [-0.2, 0) is 30.9 Å². The molecule has 0 aliphatic rings. The van der Waals surface area contributed by atoms with Crippen LogP contribution >= 0.6 is 0 Å². The highest BCUT2D eigenvalue weighted by Gasteiger charge is 2.57. The van der Waals surface area contributed by atoms with Crippen LogP contribution in [0.25, 0.3) is 0 Å². The zero-order chi connectivity index (χ0) is 45.7. The maximum Gasteiger partial charge on any atom is 0.207 e. The zero-order valence-corrected chi connectivity index (χ0v) is 36.4. The van der Waals surface area contributed by atoms with E-state index in [4.69, 9.17) is 26.7 Å². The fourth-order valence-electron chi connectivity index (χ4n) is 9.81. The van der Waals surface area contributed by atoms with Crippen LogP contribution in [0.1, 0.15) is 71.4 Å². The Kier molecular flexibility index (Phi) is 16.4. The van der Waals surface area contributed by atoms with Gasteiger partial charge in [-0.1, -0.05) is 182 Å². The lowest BCUT2D eigenvalue weighted by atomic mass is 9.62. The molecular formula is C53H62N4O7. The first-order chi connectivity index (χ1) is 31.0. The van der Waals surface area contributed by atoms with Crippen LogP contribution in [0.4, 0.5) is 0 Å². The summed E-state index contributed by atoms with van der Waals surface area (Å²) in [5.41, 5.74) is 21.1. The predicted molar refractivity (Wildman–Crippen MR) is 249 cm³/mol. The van der Waals surface area contributed by atoms with Crippen molar-refractivity contribution >= 4 is 6.41 Å². The Hall–Kier alpha value is -5.57. The molecule has 0 saturated heterocycles. The van der Waals surface area contributed by atoms with Gasteiger partial charge < -0.3 is 52.4 Å². The van der Waals surface area contributed by atoms with Gasteiger partial charge in [0.25, 0.3) is 0 Å². The first-order valence-electron chi connectivity index (χ1n) is 21.6. The maximum atomic E-state index is 13.5. The molecule has 0 fully saturated rings. The topological polar surface area (TPSA) is 207 Å². The third kappa shape index (κ3) is 10.0. The van der Waals surface area contributed by atoms with Crippen LogP contribution in [0.5, 0.6) is 0 Å². The van der Waals surface area contributed by atoms with Crippen LogP contribution in [-0.4, -0.2) is 70.8 Å². The second-order valence-corrected chi connectivity index (χ2v) is 16.8. The molecule has 0 aliphatic heterocycles. The van der Waals surface area contributed by atoms with Gasteiger partial charge in [0.05, 0.1) is 23.3 Å². The minimum Gasteiger partial charge on any atom is -0.392 e. The third-order valence-electron chi connectivity index (χ3n) is 13.0. The quantitative estimate of drug-likeness (QED) is 0.0286. The average molecular weight is 867 g/mol. The maximum absolute atomic E-state index is 13.5. The van der Waals surface area contributed by atoms with E-state index in [1.165, 1.54) is 0 Å². The van der Waals surface area contributed by atoms with Crippen molar-refractivity contribution in [3.05, 3.63) is 215 Å². The summed E-state index contributed by atoms with van der Waals surface area (Å²) in [6.07, 6.45) is -3.62. The summed E-state index contributed by atoms with van der Waals surface area (Å²) in [7, 11) is 0. The van der Waals surface area contributed by atoms with Crippen molar-refractivity contribution in [3.8, 4) is 0 Å². The molecule has 1 amide bonds. The van der Waals surface area contributed by atoms with Crippen LogP contribution in [0.15, 0.2) is 182 Å². The number of nitrogens with two attached hydrogens (primary N) is 3. The first-order valence-corrected chi connectivity index (χ1v) is 21.6. The molecule has 6 aromatic rings. The normalized spacial score (nSPS) is 18.3. The van der Waals surface area contributed by atoms with E-state index in [9.17, 15) is 25.2 Å². The van der Waals surface area contributed by atoms with E-state index >= 15 is 0 Å². The number of amides is 1. The fraction of sp³-hybridized carbons (Fsp3) is 0.302. The number of nitrogens with one attached hydrogen (secondary N) is 1. The Morgan fingerprint density at radius 2 is 1.00 bits per heavy atom. The highest BCUT2D eigenvalue weighted by atomic mass is 16.6. The highest BCUT2D eigenvalue weighted by Crippen LogP contribution is 2.50. The average Bonchev–Trinajstić information content (AvgIpc) is 3.33. The lowest BCUT2D eigenvalue weighted by Crippen LogP contribution is -2.66. The summed E-state index contributed by atoms with van der Waals surface area (Å²) < 4.78 is 13.0. The molecule has 0 aliphatic carbocycles. The zero-order valence-electron chi connectivity index (χ0n) is 36.4. The summed E-state index contributed by atoms with van der Waals surface area (Å²) in [6.45, 7) is 2.07. The van der Waals surface area contributed by atoms with Crippen LogP contribution < -0.4 is 22.5 Å². The van der Waals surface area contributed by atoms with Crippen LogP contribution in [0.2, 0.25) is 0 Å². The number of benzene rings is 6. The van der Waals surface area contributed by atoms with E-state index in [1.54, 1.807) is 43.3 Å². The third-order valence-corrected chi connectivity index (χ3v) is 13.0. The van der Waals surface area contributed by atoms with Gasteiger partial charge in [-0.05, 0) is 47.2 Å². The SMILES string of the molecule is CC(N)C(c1ccccc1)C(OCO)C(c1ccccc1)C(O)C(c1ccccc1)C(N)C(CC(N)(c1ccccc1)C(O)C(C)(NC=O)c1ccccc1)(OCO)c1ccccc1. The molecule has 11 unspecified atom stereocenters. The van der Waals surface area contributed by atoms with Crippen molar-refractivity contribution in [1.29, 1.82) is 0 Å². The molecule has 6 aromatic carbocycles. The van der Waals surface area contributed by atoms with Gasteiger partial charge in [0, 0.05) is 36.3 Å². The summed E-state index contributed by atoms with van der Waals surface area (Å²) in [6, 6.07) is 53.7. The monoisotopic (exact) mass is 866 g/mol. The van der Waals surface area contributed by atoms with Gasteiger partial charge in [0.15, 0.2) is 0 Å². The molecular weight excluding hydrogens is 805 g/mol. The Labute approximate surface area is 376 Å². The van der Waals surface area contributed by atoms with Crippen molar-refractivity contribution < 1.29 is 34.7 Å². The summed E-state index contributed by atoms with van der Waals surface area (Å²) in [5, 5.41) is 51.1. The summed E-state index contributed by atoms with van der Waals surface area (Å²) >= 11 is 0. The lowest BCUT2D eigenvalue weighted by Gasteiger charge is -2.52. The predicted octanol–water partition coefficient (Wildman–Crippen LogP) is 5.84. The van der Waals surface area contributed by atoms with Crippen molar-refractivity contribution in [2.75, 3.05) is 13.6 Å². The van der Waals surface area contributed by atoms with E-state index in [1.807, 2.05) is 153 Å². The number of hydrogen-bond acceptors (Lipinski definition) is 10. The molecule has 11 nitrogen and oxygen atoms in total. The molecule has 0 saturated carbocycles. The molecule has 64 heavy (non-hydrogen) atoms. The largest absolute Gasteiger partial charge is 0.392 e. The van der Waals surface area contributed by atoms with Crippen molar-refractivity contribution in [3.63, 3.8) is 0 Å². The highest BCUT2D eigenvalue weighted by molar-refractivity contribution is 5.51. The number of aliphatic hydroxyl groups excluding tert-OH is 4. The minimum absolute atomic E-state index is 0.283. The Bertz CT molecular complexity index is 2280. The lowest BCUT2D eigenvalue weighted by molar-refractivity contribution is -0.168. The van der Waals surface area contributed by atoms with Gasteiger partial charge in [-0.3, -0.25) is 4.79 Å². The van der Waals surface area contributed by atoms with Crippen molar-refractivity contribution in [2.24, 2.45) is 17.2 Å². The molecule has 11 heteroatoms. The molecule has 11 N–H and O–H groups in total. The van der Waals surface area contributed by atoms with Gasteiger partial charge in [-0.25, -0.2) is 0 Å². The number of carbonyl (C=O) groups excluding carboxylic acids is 1. The number of rotatable bonds is 23. The minimum atomic E-state index is -1.80. The molecule has 0 aromatic heterocycles. The molecule has 336 valence electrons. The van der Waals surface area contributed by atoms with Crippen molar-refractivity contribution in [2.45, 2.75) is 85.1 Å². The Balaban J connectivity index is 1.63. The van der Waals surface area contributed by atoms with Gasteiger partial charge in [0.2, 0.25) is 6.41 Å². The number of ether oxygens (including phenoxy) is 2. The molecule has 6 rings (SSSR count). The molecule has 0 radical (unpaired) electrons. The van der Waals surface area contributed by atoms with Gasteiger partial charge in [-0.15, -0.1) is 0 Å². The number of carbonyl (C=O) groups is 1. The van der Waals surface area contributed by atoms with Crippen LogP contribution in [0.3, 0.4) is 0 Å². The van der Waals surface area contributed by atoms with E-state index in [2.05, 4.69) is 5.32 Å². The van der Waals surface area contributed by atoms with Crippen LogP contribution in [0, 0.1) is 0 Å². The van der Waals surface area contributed by atoms with Gasteiger partial charge in [0.1, 0.15) is 25.3 Å². The first kappa shape index (κ1) is 47.9. The molecule has 0 heterocycles. The van der Waals surface area contributed by atoms with Crippen molar-refractivity contribution in [1.82, 2.24) is 5.32 Å². The second-order valence-electron chi connectivity index (χ2n) is 16.8. The van der Waals surface area contributed by atoms with E-state index < -0.39 is 78.4 Å². The van der Waals surface area contributed by atoms with Gasteiger partial charge >= 0.3 is 0 Å². The van der Waals surface area contributed by atoms with E-state index in [0.29, 0.717) is 34.2 Å². The summed E-state index contributed by atoms with van der Waals surface area (Å²) in [5.74, 6) is -2.44. The standard InChI is InChI=1S/C53H62N4O7/c1-37(54)44(38-21-9-3-10-22-38)48(63-35-59)45(39-23-11-4-12-24-39)47(61)46(40-25-13-5-14-26-40)49(55)53(64-36-60,43-31-19-8-20-32-43)33-52(56,42-29-17-7-18-30-42)50(62)51(2,57-34-58)41-27-15-6-16-28-41/h3-32,34,37,44-50,59-62H,33,35-36,54-56H2,1-2H3,(H,57,58).